The summed E-state index contributed by atoms with van der Waals surface area (Å²) in [6.07, 6.45) is 0. The van der Waals surface area contributed by atoms with Gasteiger partial charge in [-0.2, -0.15) is 0 Å². The molecule has 0 fully saturated rings. The second-order valence-corrected chi connectivity index (χ2v) is 8.40. The summed E-state index contributed by atoms with van der Waals surface area (Å²) in [4.78, 5) is 24.0. The van der Waals surface area contributed by atoms with Crippen molar-refractivity contribution in [3.63, 3.8) is 0 Å². The number of rotatable bonds is 4. The zero-order chi connectivity index (χ0) is 26.5. The van der Waals surface area contributed by atoms with E-state index in [2.05, 4.69) is 0 Å². The van der Waals surface area contributed by atoms with Gasteiger partial charge in [0.1, 0.15) is 34.2 Å². The molecule has 0 saturated carbocycles. The van der Waals surface area contributed by atoms with Gasteiger partial charge in [-0.1, -0.05) is 24.3 Å². The van der Waals surface area contributed by atoms with E-state index in [1.165, 1.54) is 12.1 Å². The Morgan fingerprint density at radius 2 is 0.868 bits per heavy atom. The smallest absolute Gasteiger partial charge is 0.193 e. The highest BCUT2D eigenvalue weighted by atomic mass is 16.5. The summed E-state index contributed by atoms with van der Waals surface area (Å²) in [5.74, 6) is 2.66. The van der Waals surface area contributed by atoms with E-state index in [9.17, 15) is 9.59 Å². The molecule has 2 heterocycles. The molecule has 0 amide bonds. The molecule has 6 aromatic rings. The van der Waals surface area contributed by atoms with Gasteiger partial charge in [-0.25, -0.2) is 0 Å². The molecule has 0 saturated heterocycles. The Bertz CT molecular complexity index is 1680. The maximum Gasteiger partial charge on any atom is 0.193 e. The molecule has 6 heteroatoms. The van der Waals surface area contributed by atoms with Gasteiger partial charge in [0.15, 0.2) is 10.9 Å². The first kappa shape index (κ1) is 24.6. The van der Waals surface area contributed by atoms with Gasteiger partial charge in [-0.05, 0) is 72.8 Å². The average molecular weight is 505 g/mol. The van der Waals surface area contributed by atoms with Crippen LogP contribution in [-0.2, 0) is 0 Å². The summed E-state index contributed by atoms with van der Waals surface area (Å²) in [5, 5.41) is 1.19. The van der Waals surface area contributed by atoms with Crippen LogP contribution in [0.5, 0.6) is 11.5 Å². The van der Waals surface area contributed by atoms with Crippen molar-refractivity contribution in [3.05, 3.63) is 130 Å². The quantitative estimate of drug-likeness (QED) is 0.259. The minimum absolute atomic E-state index is 0.0346. The van der Waals surface area contributed by atoms with Gasteiger partial charge in [0, 0.05) is 23.3 Å². The lowest BCUT2D eigenvalue weighted by atomic mass is 10.1. The minimum atomic E-state index is -0.0346. The van der Waals surface area contributed by atoms with Crippen LogP contribution >= 0.6 is 0 Å². The Hall–Kier alpha value is -5.10. The van der Waals surface area contributed by atoms with Crippen LogP contribution in [0.15, 0.2) is 128 Å². The number of hydrogen-bond donors (Lipinski definition) is 0. The van der Waals surface area contributed by atoms with Crippen molar-refractivity contribution < 1.29 is 18.3 Å². The first-order valence-corrected chi connectivity index (χ1v) is 11.9. The van der Waals surface area contributed by atoms with Gasteiger partial charge in [-0.3, -0.25) is 9.59 Å². The first-order chi connectivity index (χ1) is 18.6. The summed E-state index contributed by atoms with van der Waals surface area (Å²) >= 11 is 0. The molecule has 0 unspecified atom stereocenters. The van der Waals surface area contributed by atoms with Crippen molar-refractivity contribution in [3.8, 4) is 34.1 Å². The molecule has 0 radical (unpaired) electrons. The second-order valence-electron chi connectivity index (χ2n) is 8.40. The van der Waals surface area contributed by atoms with Gasteiger partial charge in [0.2, 0.25) is 0 Å². The molecular formula is C32H24O6. The molecule has 6 rings (SSSR count). The Labute approximate surface area is 218 Å². The SMILES string of the molecule is COc1ccc(-c2cc(=O)c3ccccc3o2)cc1.COc1ccc(-c2cc(=O)c3ccccc3o2)cc1. The summed E-state index contributed by atoms with van der Waals surface area (Å²) in [7, 11) is 3.23. The van der Waals surface area contributed by atoms with Gasteiger partial charge in [-0.15, -0.1) is 0 Å². The van der Waals surface area contributed by atoms with Crippen LogP contribution in [0.25, 0.3) is 44.6 Å². The van der Waals surface area contributed by atoms with E-state index in [-0.39, 0.29) is 10.9 Å². The predicted octanol–water partition coefficient (Wildman–Crippen LogP) is 6.94. The molecule has 0 aliphatic heterocycles. The van der Waals surface area contributed by atoms with E-state index < -0.39 is 0 Å². The van der Waals surface area contributed by atoms with Gasteiger partial charge in [0.25, 0.3) is 0 Å². The zero-order valence-electron chi connectivity index (χ0n) is 20.8. The van der Waals surface area contributed by atoms with E-state index in [1.54, 1.807) is 38.5 Å². The zero-order valence-corrected chi connectivity index (χ0v) is 20.8. The van der Waals surface area contributed by atoms with E-state index in [0.717, 1.165) is 22.6 Å². The van der Waals surface area contributed by atoms with E-state index >= 15 is 0 Å². The van der Waals surface area contributed by atoms with Crippen molar-refractivity contribution in [2.45, 2.75) is 0 Å². The van der Waals surface area contributed by atoms with Crippen molar-refractivity contribution in [1.82, 2.24) is 0 Å². The predicted molar refractivity (Wildman–Crippen MR) is 149 cm³/mol. The topological polar surface area (TPSA) is 78.9 Å². The van der Waals surface area contributed by atoms with Crippen LogP contribution in [0.3, 0.4) is 0 Å². The molecule has 0 aliphatic carbocycles. The summed E-state index contributed by atoms with van der Waals surface area (Å²) in [5.41, 5.74) is 2.83. The molecular weight excluding hydrogens is 480 g/mol. The highest BCUT2D eigenvalue weighted by molar-refractivity contribution is 5.79. The van der Waals surface area contributed by atoms with Crippen LogP contribution in [0.1, 0.15) is 0 Å². The van der Waals surface area contributed by atoms with E-state index in [0.29, 0.717) is 33.5 Å². The average Bonchev–Trinajstić information content (AvgIpc) is 2.97. The standard InChI is InChI=1S/2C16H12O3/c2*1-18-12-8-6-11(7-9-12)16-10-14(17)13-4-2-3-5-15(13)19-16/h2*2-10H,1H3. The summed E-state index contributed by atoms with van der Waals surface area (Å²) < 4.78 is 21.7. The summed E-state index contributed by atoms with van der Waals surface area (Å²) in [6, 6.07) is 32.3. The largest absolute Gasteiger partial charge is 0.497 e. The lowest BCUT2D eigenvalue weighted by molar-refractivity contribution is 0.414. The molecule has 6 nitrogen and oxygen atoms in total. The third kappa shape index (κ3) is 5.20. The van der Waals surface area contributed by atoms with Crippen molar-refractivity contribution in [2.75, 3.05) is 14.2 Å². The molecule has 0 N–H and O–H groups in total. The molecule has 2 aromatic heterocycles. The number of methoxy groups -OCH3 is 2. The van der Waals surface area contributed by atoms with Crippen molar-refractivity contribution in [2.24, 2.45) is 0 Å². The number of hydrogen-bond acceptors (Lipinski definition) is 6. The molecule has 0 spiro atoms. The minimum Gasteiger partial charge on any atom is -0.497 e. The highest BCUT2D eigenvalue weighted by Gasteiger charge is 2.07. The van der Waals surface area contributed by atoms with Crippen LogP contribution in [0, 0.1) is 0 Å². The van der Waals surface area contributed by atoms with Crippen molar-refractivity contribution in [1.29, 1.82) is 0 Å². The fourth-order valence-corrected chi connectivity index (χ4v) is 4.00. The maximum atomic E-state index is 12.0. The first-order valence-electron chi connectivity index (χ1n) is 11.9. The van der Waals surface area contributed by atoms with Gasteiger partial charge in [0.05, 0.1) is 25.0 Å². The second kappa shape index (κ2) is 10.9. The lowest BCUT2D eigenvalue weighted by Crippen LogP contribution is -1.99. The third-order valence-corrected chi connectivity index (χ3v) is 6.02. The Morgan fingerprint density at radius 3 is 1.24 bits per heavy atom. The number of para-hydroxylation sites is 2. The molecule has 38 heavy (non-hydrogen) atoms. The number of fused-ring (bicyclic) bond motifs is 2. The van der Waals surface area contributed by atoms with E-state index in [1.807, 2.05) is 72.8 Å². The monoisotopic (exact) mass is 504 g/mol. The maximum absolute atomic E-state index is 12.0. The molecule has 0 atom stereocenters. The highest BCUT2D eigenvalue weighted by Crippen LogP contribution is 2.25. The van der Waals surface area contributed by atoms with Crippen LogP contribution < -0.4 is 20.3 Å². The third-order valence-electron chi connectivity index (χ3n) is 6.02. The molecule has 4 aromatic carbocycles. The fourth-order valence-electron chi connectivity index (χ4n) is 4.00. The fraction of sp³-hybridized carbons (Fsp3) is 0.0625. The molecule has 188 valence electrons. The van der Waals surface area contributed by atoms with Crippen molar-refractivity contribution >= 4 is 21.9 Å². The van der Waals surface area contributed by atoms with Crippen LogP contribution in [0.4, 0.5) is 0 Å². The van der Waals surface area contributed by atoms with E-state index in [4.69, 9.17) is 18.3 Å². The van der Waals surface area contributed by atoms with Gasteiger partial charge < -0.3 is 18.3 Å². The Balaban J connectivity index is 0.000000155. The normalized spacial score (nSPS) is 10.6. The Kier molecular flexibility index (Phi) is 7.04. The lowest BCUT2D eigenvalue weighted by Gasteiger charge is -2.04. The number of ether oxygens (including phenoxy) is 2. The number of benzene rings is 4. The van der Waals surface area contributed by atoms with Crippen LogP contribution in [0.2, 0.25) is 0 Å². The van der Waals surface area contributed by atoms with Crippen LogP contribution in [-0.4, -0.2) is 14.2 Å². The Morgan fingerprint density at radius 1 is 0.500 bits per heavy atom. The summed E-state index contributed by atoms with van der Waals surface area (Å²) in [6.45, 7) is 0. The molecule has 0 bridgehead atoms. The molecule has 0 aliphatic rings. The van der Waals surface area contributed by atoms with Gasteiger partial charge >= 0.3 is 0 Å².